The molecule has 1 heterocycles. The molecule has 0 saturated carbocycles. The van der Waals surface area contributed by atoms with Crippen molar-refractivity contribution in [2.75, 3.05) is 18.5 Å². The normalized spacial score (nSPS) is 16.8. The SMILES string of the molecule is O=[N+]([O-])c1ccc(Br)c(NC2CCOCC2)c1. The molecule has 5 nitrogen and oxygen atoms in total. The summed E-state index contributed by atoms with van der Waals surface area (Å²) in [5.74, 6) is 0. The molecular weight excluding hydrogens is 288 g/mol. The van der Waals surface area contributed by atoms with E-state index in [9.17, 15) is 10.1 Å². The molecule has 1 aromatic rings. The molecule has 92 valence electrons. The van der Waals surface area contributed by atoms with Crippen molar-refractivity contribution < 1.29 is 9.66 Å². The summed E-state index contributed by atoms with van der Waals surface area (Å²) < 4.78 is 6.11. The first-order valence-electron chi connectivity index (χ1n) is 5.45. The molecule has 0 aliphatic carbocycles. The Morgan fingerprint density at radius 3 is 2.76 bits per heavy atom. The molecule has 1 fully saturated rings. The summed E-state index contributed by atoms with van der Waals surface area (Å²) in [6.07, 6.45) is 1.85. The molecule has 0 spiro atoms. The number of nitrogens with one attached hydrogen (secondary N) is 1. The average molecular weight is 301 g/mol. The lowest BCUT2D eigenvalue weighted by Gasteiger charge is -2.24. The van der Waals surface area contributed by atoms with E-state index in [1.165, 1.54) is 6.07 Å². The van der Waals surface area contributed by atoms with Gasteiger partial charge in [0.15, 0.2) is 0 Å². The lowest BCUT2D eigenvalue weighted by molar-refractivity contribution is -0.384. The quantitative estimate of drug-likeness (QED) is 0.688. The Morgan fingerprint density at radius 2 is 2.12 bits per heavy atom. The first kappa shape index (κ1) is 12.3. The Bertz CT molecular complexity index is 419. The molecule has 0 bridgehead atoms. The van der Waals surface area contributed by atoms with Crippen LogP contribution in [0.2, 0.25) is 0 Å². The van der Waals surface area contributed by atoms with Crippen molar-refractivity contribution in [1.29, 1.82) is 0 Å². The van der Waals surface area contributed by atoms with Crippen LogP contribution >= 0.6 is 15.9 Å². The van der Waals surface area contributed by atoms with Crippen LogP contribution in [-0.4, -0.2) is 24.2 Å². The van der Waals surface area contributed by atoms with Gasteiger partial charge in [-0.15, -0.1) is 0 Å². The topological polar surface area (TPSA) is 64.4 Å². The van der Waals surface area contributed by atoms with Crippen LogP contribution in [0.15, 0.2) is 22.7 Å². The maximum absolute atomic E-state index is 10.7. The molecule has 1 aromatic carbocycles. The number of nitro benzene ring substituents is 1. The number of hydrogen-bond donors (Lipinski definition) is 1. The third kappa shape index (κ3) is 3.17. The number of rotatable bonds is 3. The van der Waals surface area contributed by atoms with Gasteiger partial charge in [-0.3, -0.25) is 10.1 Å². The molecule has 1 aliphatic rings. The zero-order valence-electron chi connectivity index (χ0n) is 9.19. The zero-order valence-corrected chi connectivity index (χ0v) is 10.8. The van der Waals surface area contributed by atoms with Gasteiger partial charge in [0.05, 0.1) is 10.6 Å². The molecule has 17 heavy (non-hydrogen) atoms. The standard InChI is InChI=1S/C11H13BrN2O3/c12-10-2-1-9(14(15)16)7-11(10)13-8-3-5-17-6-4-8/h1-2,7-8,13H,3-6H2. The Labute approximate surface area is 107 Å². The van der Waals surface area contributed by atoms with E-state index in [1.54, 1.807) is 12.1 Å². The fraction of sp³-hybridized carbons (Fsp3) is 0.455. The van der Waals surface area contributed by atoms with Crippen LogP contribution in [-0.2, 0) is 4.74 Å². The van der Waals surface area contributed by atoms with Crippen LogP contribution in [0.5, 0.6) is 0 Å². The minimum atomic E-state index is -0.387. The fourth-order valence-electron chi connectivity index (χ4n) is 1.80. The number of nitrogens with zero attached hydrogens (tertiary/aromatic N) is 1. The van der Waals surface area contributed by atoms with E-state index in [0.717, 1.165) is 36.2 Å². The zero-order chi connectivity index (χ0) is 12.3. The van der Waals surface area contributed by atoms with E-state index in [0.29, 0.717) is 6.04 Å². The van der Waals surface area contributed by atoms with Crippen LogP contribution in [0, 0.1) is 10.1 Å². The highest BCUT2D eigenvalue weighted by molar-refractivity contribution is 9.10. The molecule has 0 atom stereocenters. The molecule has 0 radical (unpaired) electrons. The van der Waals surface area contributed by atoms with Crippen molar-refractivity contribution in [3.8, 4) is 0 Å². The van der Waals surface area contributed by atoms with Crippen molar-refractivity contribution in [2.45, 2.75) is 18.9 Å². The van der Waals surface area contributed by atoms with Crippen LogP contribution < -0.4 is 5.32 Å². The molecule has 1 saturated heterocycles. The molecule has 1 aliphatic heterocycles. The van der Waals surface area contributed by atoms with Crippen LogP contribution in [0.3, 0.4) is 0 Å². The highest BCUT2D eigenvalue weighted by Gasteiger charge is 2.16. The number of non-ortho nitro benzene ring substituents is 1. The van der Waals surface area contributed by atoms with Crippen LogP contribution in [0.25, 0.3) is 0 Å². The number of halogens is 1. The Balaban J connectivity index is 2.13. The Kier molecular flexibility index (Phi) is 3.96. The summed E-state index contributed by atoms with van der Waals surface area (Å²) in [5.41, 5.74) is 0.869. The number of ether oxygens (including phenoxy) is 1. The van der Waals surface area contributed by atoms with Gasteiger partial charge < -0.3 is 10.1 Å². The Morgan fingerprint density at radius 1 is 1.41 bits per heavy atom. The van der Waals surface area contributed by atoms with Gasteiger partial charge in [-0.25, -0.2) is 0 Å². The first-order valence-corrected chi connectivity index (χ1v) is 6.24. The van der Waals surface area contributed by atoms with Gasteiger partial charge in [0.2, 0.25) is 0 Å². The van der Waals surface area contributed by atoms with Gasteiger partial charge in [0.25, 0.3) is 5.69 Å². The van der Waals surface area contributed by atoms with Gasteiger partial charge in [-0.2, -0.15) is 0 Å². The van der Waals surface area contributed by atoms with E-state index in [1.807, 2.05) is 0 Å². The van der Waals surface area contributed by atoms with Gasteiger partial charge in [-0.05, 0) is 34.8 Å². The smallest absolute Gasteiger partial charge is 0.271 e. The maximum atomic E-state index is 10.7. The predicted molar refractivity (Wildman–Crippen MR) is 68.3 cm³/mol. The molecule has 2 rings (SSSR count). The number of nitro groups is 1. The van der Waals surface area contributed by atoms with E-state index in [-0.39, 0.29) is 10.6 Å². The summed E-state index contributed by atoms with van der Waals surface area (Å²) in [7, 11) is 0. The molecule has 0 unspecified atom stereocenters. The number of anilines is 1. The minimum Gasteiger partial charge on any atom is -0.381 e. The maximum Gasteiger partial charge on any atom is 0.271 e. The van der Waals surface area contributed by atoms with Crippen molar-refractivity contribution in [1.82, 2.24) is 0 Å². The van der Waals surface area contributed by atoms with Crippen molar-refractivity contribution >= 4 is 27.3 Å². The van der Waals surface area contributed by atoms with E-state index in [4.69, 9.17) is 4.74 Å². The van der Waals surface area contributed by atoms with Crippen molar-refractivity contribution in [3.05, 3.63) is 32.8 Å². The number of benzene rings is 1. The second-order valence-corrected chi connectivity index (χ2v) is 4.81. The molecule has 0 aromatic heterocycles. The predicted octanol–water partition coefficient (Wildman–Crippen LogP) is 2.95. The highest BCUT2D eigenvalue weighted by atomic mass is 79.9. The summed E-state index contributed by atoms with van der Waals surface area (Å²) in [6, 6.07) is 5.06. The van der Waals surface area contributed by atoms with Crippen molar-refractivity contribution in [3.63, 3.8) is 0 Å². The summed E-state index contributed by atoms with van der Waals surface area (Å²) in [4.78, 5) is 10.3. The Hall–Kier alpha value is -1.14. The second-order valence-electron chi connectivity index (χ2n) is 3.95. The van der Waals surface area contributed by atoms with Gasteiger partial charge in [-0.1, -0.05) is 0 Å². The summed E-state index contributed by atoms with van der Waals surface area (Å²) >= 11 is 3.39. The lowest BCUT2D eigenvalue weighted by Crippen LogP contribution is -2.27. The summed E-state index contributed by atoms with van der Waals surface area (Å²) in [6.45, 7) is 1.48. The van der Waals surface area contributed by atoms with Crippen LogP contribution in [0.4, 0.5) is 11.4 Å². The molecular formula is C11H13BrN2O3. The molecule has 6 heteroatoms. The molecule has 0 amide bonds. The summed E-state index contributed by atoms with van der Waals surface area (Å²) in [5, 5.41) is 14.0. The van der Waals surface area contributed by atoms with E-state index < -0.39 is 0 Å². The average Bonchev–Trinajstić information content (AvgIpc) is 2.33. The van der Waals surface area contributed by atoms with Gasteiger partial charge in [0, 0.05) is 35.9 Å². The minimum absolute atomic E-state index is 0.0998. The van der Waals surface area contributed by atoms with E-state index in [2.05, 4.69) is 21.2 Å². The monoisotopic (exact) mass is 300 g/mol. The third-order valence-corrected chi connectivity index (χ3v) is 3.43. The third-order valence-electron chi connectivity index (χ3n) is 2.74. The second kappa shape index (κ2) is 5.46. The molecule has 1 N–H and O–H groups in total. The number of hydrogen-bond acceptors (Lipinski definition) is 4. The largest absolute Gasteiger partial charge is 0.381 e. The fourth-order valence-corrected chi connectivity index (χ4v) is 2.16. The lowest BCUT2D eigenvalue weighted by atomic mass is 10.1. The first-order chi connectivity index (χ1) is 8.16. The van der Waals surface area contributed by atoms with Gasteiger partial charge >= 0.3 is 0 Å². The van der Waals surface area contributed by atoms with E-state index >= 15 is 0 Å². The van der Waals surface area contributed by atoms with Gasteiger partial charge in [0.1, 0.15) is 0 Å². The van der Waals surface area contributed by atoms with Crippen LogP contribution in [0.1, 0.15) is 12.8 Å². The van der Waals surface area contributed by atoms with Crippen molar-refractivity contribution in [2.24, 2.45) is 0 Å². The highest BCUT2D eigenvalue weighted by Crippen LogP contribution is 2.28.